The second-order valence-electron chi connectivity index (χ2n) is 5.75. The van der Waals surface area contributed by atoms with E-state index < -0.39 is 0 Å². The van der Waals surface area contributed by atoms with E-state index >= 15 is 0 Å². The Morgan fingerprint density at radius 1 is 0.826 bits per heavy atom. The van der Waals surface area contributed by atoms with E-state index in [1.165, 1.54) is 27.1 Å². The molecule has 0 fully saturated rings. The number of pyridine rings is 1. The SMILES string of the molecule is CCc1ccnc(Nc2cccc3cc4ccccc4cc23)c1. The van der Waals surface area contributed by atoms with Gasteiger partial charge >= 0.3 is 0 Å². The van der Waals surface area contributed by atoms with Crippen LogP contribution in [-0.2, 0) is 6.42 Å². The third kappa shape index (κ3) is 2.64. The van der Waals surface area contributed by atoms with E-state index in [-0.39, 0.29) is 0 Å². The van der Waals surface area contributed by atoms with Gasteiger partial charge < -0.3 is 5.32 Å². The summed E-state index contributed by atoms with van der Waals surface area (Å²) in [6, 6.07) is 23.5. The Hall–Kier alpha value is -2.87. The van der Waals surface area contributed by atoms with Crippen LogP contribution in [0.25, 0.3) is 21.5 Å². The van der Waals surface area contributed by atoms with Gasteiger partial charge in [-0.05, 0) is 58.5 Å². The molecule has 4 rings (SSSR count). The minimum absolute atomic E-state index is 0.894. The highest BCUT2D eigenvalue weighted by molar-refractivity contribution is 6.04. The summed E-state index contributed by atoms with van der Waals surface area (Å²) in [6.07, 6.45) is 2.87. The van der Waals surface area contributed by atoms with Gasteiger partial charge in [0.05, 0.1) is 0 Å². The maximum Gasteiger partial charge on any atom is 0.130 e. The number of aryl methyl sites for hydroxylation is 1. The molecule has 3 aromatic carbocycles. The van der Waals surface area contributed by atoms with Crippen LogP contribution in [0, 0.1) is 0 Å². The molecule has 0 aliphatic carbocycles. The summed E-state index contributed by atoms with van der Waals surface area (Å²) in [6.45, 7) is 2.16. The van der Waals surface area contributed by atoms with Crippen molar-refractivity contribution in [2.24, 2.45) is 0 Å². The van der Waals surface area contributed by atoms with Crippen LogP contribution in [0.5, 0.6) is 0 Å². The van der Waals surface area contributed by atoms with Crippen LogP contribution in [0.1, 0.15) is 12.5 Å². The Balaban J connectivity index is 1.84. The van der Waals surface area contributed by atoms with E-state index in [1.54, 1.807) is 0 Å². The van der Waals surface area contributed by atoms with Crippen molar-refractivity contribution in [2.75, 3.05) is 5.32 Å². The van der Waals surface area contributed by atoms with Gasteiger partial charge in [-0.15, -0.1) is 0 Å². The monoisotopic (exact) mass is 298 g/mol. The average molecular weight is 298 g/mol. The molecule has 4 aromatic rings. The summed E-state index contributed by atoms with van der Waals surface area (Å²) in [5.41, 5.74) is 2.38. The maximum absolute atomic E-state index is 4.44. The summed E-state index contributed by atoms with van der Waals surface area (Å²) in [5, 5.41) is 8.45. The minimum atomic E-state index is 0.894. The van der Waals surface area contributed by atoms with Gasteiger partial charge in [0.1, 0.15) is 5.82 Å². The van der Waals surface area contributed by atoms with Gasteiger partial charge in [-0.2, -0.15) is 0 Å². The zero-order chi connectivity index (χ0) is 15.6. The molecule has 0 amide bonds. The molecule has 0 saturated heterocycles. The topological polar surface area (TPSA) is 24.9 Å². The smallest absolute Gasteiger partial charge is 0.130 e. The molecule has 23 heavy (non-hydrogen) atoms. The van der Waals surface area contributed by atoms with Crippen LogP contribution < -0.4 is 5.32 Å². The van der Waals surface area contributed by atoms with Crippen LogP contribution in [0.15, 0.2) is 72.9 Å². The normalized spacial score (nSPS) is 11.0. The van der Waals surface area contributed by atoms with Crippen molar-refractivity contribution in [3.8, 4) is 0 Å². The van der Waals surface area contributed by atoms with Crippen LogP contribution in [0.3, 0.4) is 0 Å². The van der Waals surface area contributed by atoms with E-state index in [2.05, 4.69) is 84.0 Å². The molecule has 0 aliphatic heterocycles. The quantitative estimate of drug-likeness (QED) is 0.491. The average Bonchev–Trinajstić information content (AvgIpc) is 2.60. The maximum atomic E-state index is 4.44. The molecule has 0 spiro atoms. The Bertz CT molecular complexity index is 989. The highest BCUT2D eigenvalue weighted by Crippen LogP contribution is 2.30. The highest BCUT2D eigenvalue weighted by atomic mass is 15.0. The lowest BCUT2D eigenvalue weighted by atomic mass is 10.0. The van der Waals surface area contributed by atoms with Crippen molar-refractivity contribution in [1.29, 1.82) is 0 Å². The Kier molecular flexibility index (Phi) is 3.43. The summed E-state index contributed by atoms with van der Waals surface area (Å²) in [5.74, 6) is 0.894. The number of hydrogen-bond donors (Lipinski definition) is 1. The molecule has 0 aliphatic rings. The van der Waals surface area contributed by atoms with Crippen LogP contribution in [-0.4, -0.2) is 4.98 Å². The fraction of sp³-hybridized carbons (Fsp3) is 0.0952. The number of anilines is 2. The van der Waals surface area contributed by atoms with Crippen molar-refractivity contribution < 1.29 is 0 Å². The lowest BCUT2D eigenvalue weighted by Crippen LogP contribution is -1.95. The number of aromatic nitrogens is 1. The van der Waals surface area contributed by atoms with E-state index in [0.29, 0.717) is 0 Å². The first-order chi connectivity index (χ1) is 11.3. The molecule has 0 bridgehead atoms. The van der Waals surface area contributed by atoms with E-state index in [0.717, 1.165) is 17.9 Å². The third-order valence-electron chi connectivity index (χ3n) is 4.24. The summed E-state index contributed by atoms with van der Waals surface area (Å²) >= 11 is 0. The lowest BCUT2D eigenvalue weighted by molar-refractivity contribution is 1.12. The predicted molar refractivity (Wildman–Crippen MR) is 98.4 cm³/mol. The minimum Gasteiger partial charge on any atom is -0.340 e. The number of rotatable bonds is 3. The standard InChI is InChI=1S/C21H18N2/c1-2-15-10-11-22-21(12-15)23-20-9-5-8-18-13-16-6-3-4-7-17(16)14-19(18)20/h3-14H,2H2,1H3,(H,22,23). The zero-order valence-electron chi connectivity index (χ0n) is 13.1. The van der Waals surface area contributed by atoms with Gasteiger partial charge in [0, 0.05) is 17.3 Å². The first-order valence-electron chi connectivity index (χ1n) is 7.97. The molecular formula is C21H18N2. The molecule has 1 heterocycles. The summed E-state index contributed by atoms with van der Waals surface area (Å²) in [4.78, 5) is 4.44. The molecule has 1 aromatic heterocycles. The number of fused-ring (bicyclic) bond motifs is 2. The summed E-state index contributed by atoms with van der Waals surface area (Å²) < 4.78 is 0. The Morgan fingerprint density at radius 2 is 1.61 bits per heavy atom. The molecule has 1 N–H and O–H groups in total. The van der Waals surface area contributed by atoms with Crippen LogP contribution in [0.4, 0.5) is 11.5 Å². The molecule has 0 radical (unpaired) electrons. The van der Waals surface area contributed by atoms with Gasteiger partial charge in [0.15, 0.2) is 0 Å². The molecule has 0 saturated carbocycles. The number of hydrogen-bond acceptors (Lipinski definition) is 2. The van der Waals surface area contributed by atoms with E-state index in [1.807, 2.05) is 6.20 Å². The van der Waals surface area contributed by atoms with Crippen molar-refractivity contribution >= 4 is 33.1 Å². The number of nitrogens with zero attached hydrogens (tertiary/aromatic N) is 1. The van der Waals surface area contributed by atoms with Gasteiger partial charge in [-0.25, -0.2) is 4.98 Å². The third-order valence-corrected chi connectivity index (χ3v) is 4.24. The van der Waals surface area contributed by atoms with Crippen molar-refractivity contribution in [1.82, 2.24) is 4.98 Å². The van der Waals surface area contributed by atoms with Crippen LogP contribution >= 0.6 is 0 Å². The van der Waals surface area contributed by atoms with Crippen molar-refractivity contribution in [3.63, 3.8) is 0 Å². The number of nitrogens with one attached hydrogen (secondary N) is 1. The van der Waals surface area contributed by atoms with Crippen LogP contribution in [0.2, 0.25) is 0 Å². The molecular weight excluding hydrogens is 280 g/mol. The fourth-order valence-electron chi connectivity index (χ4n) is 2.98. The molecule has 0 unspecified atom stereocenters. The van der Waals surface area contributed by atoms with Gasteiger partial charge in [0.2, 0.25) is 0 Å². The molecule has 112 valence electrons. The van der Waals surface area contributed by atoms with E-state index in [9.17, 15) is 0 Å². The zero-order valence-corrected chi connectivity index (χ0v) is 13.1. The Morgan fingerprint density at radius 3 is 2.43 bits per heavy atom. The van der Waals surface area contributed by atoms with Gasteiger partial charge in [0.25, 0.3) is 0 Å². The number of benzene rings is 3. The van der Waals surface area contributed by atoms with Crippen molar-refractivity contribution in [3.05, 3.63) is 78.5 Å². The second-order valence-corrected chi connectivity index (χ2v) is 5.75. The fourth-order valence-corrected chi connectivity index (χ4v) is 2.98. The first kappa shape index (κ1) is 13.8. The molecule has 2 nitrogen and oxygen atoms in total. The Labute approximate surface area is 135 Å². The first-order valence-corrected chi connectivity index (χ1v) is 7.97. The second kappa shape index (κ2) is 5.73. The van der Waals surface area contributed by atoms with Gasteiger partial charge in [-0.1, -0.05) is 43.3 Å². The summed E-state index contributed by atoms with van der Waals surface area (Å²) in [7, 11) is 0. The van der Waals surface area contributed by atoms with Crippen molar-refractivity contribution in [2.45, 2.75) is 13.3 Å². The lowest BCUT2D eigenvalue weighted by Gasteiger charge is -2.11. The van der Waals surface area contributed by atoms with Gasteiger partial charge in [-0.3, -0.25) is 0 Å². The predicted octanol–water partition coefficient (Wildman–Crippen LogP) is 5.69. The molecule has 0 atom stereocenters. The largest absolute Gasteiger partial charge is 0.340 e. The molecule has 2 heteroatoms. The van der Waals surface area contributed by atoms with E-state index in [4.69, 9.17) is 0 Å². The highest BCUT2D eigenvalue weighted by Gasteiger charge is 2.04.